The lowest BCUT2D eigenvalue weighted by Crippen LogP contribution is -2.49. The molecule has 0 spiro atoms. The number of anilines is 1. The molecule has 0 bridgehead atoms. The van der Waals surface area contributed by atoms with Crippen molar-refractivity contribution >= 4 is 31.6 Å². The Balaban J connectivity index is 1.45. The number of hydrogen-bond donors (Lipinski definition) is 1. The van der Waals surface area contributed by atoms with E-state index >= 15 is 0 Å². The van der Waals surface area contributed by atoms with Gasteiger partial charge in [-0.25, -0.2) is 16.8 Å². The van der Waals surface area contributed by atoms with Gasteiger partial charge in [-0.05, 0) is 42.8 Å². The van der Waals surface area contributed by atoms with E-state index in [1.54, 1.807) is 13.8 Å². The molecule has 0 radical (unpaired) electrons. The predicted octanol–water partition coefficient (Wildman–Crippen LogP) is 1.99. The Morgan fingerprint density at radius 2 is 1.49 bits per heavy atom. The van der Waals surface area contributed by atoms with Crippen molar-refractivity contribution in [3.8, 4) is 0 Å². The van der Waals surface area contributed by atoms with Crippen LogP contribution in [0.4, 0.5) is 5.69 Å². The molecule has 2 aromatic carbocycles. The van der Waals surface area contributed by atoms with Gasteiger partial charge in [-0.1, -0.05) is 32.0 Å². The third-order valence-electron chi connectivity index (χ3n) is 6.08. The Morgan fingerprint density at radius 3 is 2.06 bits per heavy atom. The van der Waals surface area contributed by atoms with E-state index in [1.165, 1.54) is 32.9 Å². The molecule has 1 N–H and O–H groups in total. The molecule has 2 aromatic rings. The minimum atomic E-state index is -3.58. The van der Waals surface area contributed by atoms with Crippen LogP contribution in [0, 0.1) is 0 Å². The molecule has 1 amide bonds. The summed E-state index contributed by atoms with van der Waals surface area (Å²) in [4.78, 5) is 14.7. The Kier molecular flexibility index (Phi) is 9.28. The number of piperazine rings is 1. The molecule has 1 aliphatic rings. The number of hydrogen-bond acceptors (Lipinski definition) is 6. The van der Waals surface area contributed by atoms with Gasteiger partial charge >= 0.3 is 0 Å². The van der Waals surface area contributed by atoms with Crippen molar-refractivity contribution in [3.63, 3.8) is 0 Å². The highest BCUT2D eigenvalue weighted by atomic mass is 32.2. The maximum absolute atomic E-state index is 12.7. The Morgan fingerprint density at radius 1 is 0.886 bits per heavy atom. The summed E-state index contributed by atoms with van der Waals surface area (Å²) in [6.07, 6.45) is 0.293. The number of carbonyl (C=O) groups excluding carboxylic acids is 1. The van der Waals surface area contributed by atoms with E-state index < -0.39 is 20.0 Å². The van der Waals surface area contributed by atoms with Crippen LogP contribution in [0.1, 0.15) is 30.6 Å². The van der Waals surface area contributed by atoms with Gasteiger partial charge in [0.05, 0.1) is 10.6 Å². The summed E-state index contributed by atoms with van der Waals surface area (Å²) >= 11 is 0. The average Bonchev–Trinajstić information content (AvgIpc) is 2.88. The minimum Gasteiger partial charge on any atom is -0.369 e. The van der Waals surface area contributed by atoms with Crippen LogP contribution < -0.4 is 10.2 Å². The van der Waals surface area contributed by atoms with Crippen LogP contribution >= 0.6 is 0 Å². The third-order valence-corrected chi connectivity index (χ3v) is 10.1. The quantitative estimate of drug-likeness (QED) is 0.453. The Bertz CT molecular complexity index is 1170. The van der Waals surface area contributed by atoms with Gasteiger partial charge in [-0.15, -0.1) is 0 Å². The highest BCUT2D eigenvalue weighted by Gasteiger charge is 2.27. The number of amides is 1. The fourth-order valence-electron chi connectivity index (χ4n) is 4.04. The normalized spacial score (nSPS) is 15.3. The van der Waals surface area contributed by atoms with Crippen LogP contribution in [0.25, 0.3) is 0 Å². The molecule has 1 heterocycles. The van der Waals surface area contributed by atoms with Gasteiger partial charge < -0.3 is 10.2 Å². The van der Waals surface area contributed by atoms with Gasteiger partial charge in [0.2, 0.25) is 20.0 Å². The summed E-state index contributed by atoms with van der Waals surface area (Å²) in [7, 11) is -6.99. The number of rotatable bonds is 11. The third kappa shape index (κ3) is 6.81. The monoisotopic (exact) mass is 522 g/mol. The van der Waals surface area contributed by atoms with Crippen molar-refractivity contribution in [1.82, 2.24) is 13.9 Å². The van der Waals surface area contributed by atoms with Crippen molar-refractivity contribution in [3.05, 3.63) is 60.2 Å². The number of nitrogens with one attached hydrogen (secondary N) is 1. The maximum Gasteiger partial charge on any atom is 0.251 e. The molecule has 9 nitrogen and oxygen atoms in total. The highest BCUT2D eigenvalue weighted by molar-refractivity contribution is 7.89. The molecule has 0 aromatic heterocycles. The first-order valence-corrected chi connectivity index (χ1v) is 14.9. The second-order valence-corrected chi connectivity index (χ2v) is 12.3. The average molecular weight is 523 g/mol. The second kappa shape index (κ2) is 12.0. The minimum absolute atomic E-state index is 0.0420. The van der Waals surface area contributed by atoms with Crippen LogP contribution in [-0.4, -0.2) is 82.9 Å². The SMILES string of the molecule is CCN(CC)S(=O)(=O)c1ccc(C(=O)NCCCS(=O)(=O)N2CCN(c3ccccc3)CC2)cc1. The molecule has 35 heavy (non-hydrogen) atoms. The topological polar surface area (TPSA) is 107 Å². The fourth-order valence-corrected chi connectivity index (χ4v) is 6.99. The van der Waals surface area contributed by atoms with Crippen molar-refractivity contribution in [1.29, 1.82) is 0 Å². The van der Waals surface area contributed by atoms with Gasteiger partial charge in [0.15, 0.2) is 0 Å². The zero-order chi connectivity index (χ0) is 25.5. The van der Waals surface area contributed by atoms with Gasteiger partial charge in [0, 0.05) is 57.1 Å². The molecule has 0 aliphatic carbocycles. The van der Waals surface area contributed by atoms with E-state index in [4.69, 9.17) is 0 Å². The number of nitrogens with zero attached hydrogens (tertiary/aromatic N) is 3. The fraction of sp³-hybridized carbons (Fsp3) is 0.458. The van der Waals surface area contributed by atoms with Crippen molar-refractivity contribution in [2.45, 2.75) is 25.2 Å². The molecule has 192 valence electrons. The van der Waals surface area contributed by atoms with E-state index in [-0.39, 0.29) is 23.1 Å². The van der Waals surface area contributed by atoms with E-state index in [2.05, 4.69) is 10.2 Å². The van der Waals surface area contributed by atoms with Gasteiger partial charge in [-0.2, -0.15) is 8.61 Å². The van der Waals surface area contributed by atoms with Crippen LogP contribution in [0.15, 0.2) is 59.5 Å². The molecule has 0 unspecified atom stereocenters. The molecule has 11 heteroatoms. The first-order chi connectivity index (χ1) is 16.7. The summed E-state index contributed by atoms with van der Waals surface area (Å²) < 4.78 is 53.4. The number of para-hydroxylation sites is 1. The Labute approximate surface area is 208 Å². The summed E-state index contributed by atoms with van der Waals surface area (Å²) in [5, 5.41) is 2.72. The van der Waals surface area contributed by atoms with Crippen molar-refractivity contribution in [2.24, 2.45) is 0 Å². The van der Waals surface area contributed by atoms with Gasteiger partial charge in [0.1, 0.15) is 0 Å². The van der Waals surface area contributed by atoms with Gasteiger partial charge in [-0.3, -0.25) is 4.79 Å². The maximum atomic E-state index is 12.7. The van der Waals surface area contributed by atoms with Crippen LogP contribution in [0.3, 0.4) is 0 Å². The first-order valence-electron chi connectivity index (χ1n) is 11.8. The summed E-state index contributed by atoms with van der Waals surface area (Å²) in [6.45, 7) is 6.64. The lowest BCUT2D eigenvalue weighted by Gasteiger charge is -2.35. The number of carbonyl (C=O) groups is 1. The zero-order valence-corrected chi connectivity index (χ0v) is 21.9. The first kappa shape index (κ1) is 27.1. The standard InChI is InChI=1S/C24H34N4O5S2/c1-3-27(4-2)35(32,33)23-13-11-21(12-14-23)24(29)25-15-8-20-34(30,31)28-18-16-26(17-19-28)22-9-6-5-7-10-22/h5-7,9-14H,3-4,8,15-20H2,1-2H3,(H,25,29). The number of sulfonamides is 2. The molecule has 1 saturated heterocycles. The van der Waals surface area contributed by atoms with Crippen molar-refractivity contribution in [2.75, 3.05) is 56.5 Å². The van der Waals surface area contributed by atoms with Gasteiger partial charge in [0.25, 0.3) is 5.91 Å². The smallest absolute Gasteiger partial charge is 0.251 e. The van der Waals surface area contributed by atoms with Crippen LogP contribution in [0.5, 0.6) is 0 Å². The molecule has 1 fully saturated rings. The van der Waals surface area contributed by atoms with E-state index in [1.807, 2.05) is 30.3 Å². The van der Waals surface area contributed by atoms with E-state index in [0.717, 1.165) is 5.69 Å². The second-order valence-electron chi connectivity index (χ2n) is 8.26. The highest BCUT2D eigenvalue weighted by Crippen LogP contribution is 2.18. The van der Waals surface area contributed by atoms with Crippen LogP contribution in [-0.2, 0) is 20.0 Å². The summed E-state index contributed by atoms with van der Waals surface area (Å²) in [6, 6.07) is 15.7. The van der Waals surface area contributed by atoms with Crippen LogP contribution in [0.2, 0.25) is 0 Å². The largest absolute Gasteiger partial charge is 0.369 e. The lowest BCUT2D eigenvalue weighted by atomic mass is 10.2. The molecule has 0 atom stereocenters. The Hall–Kier alpha value is -2.47. The molecular formula is C24H34N4O5S2. The molecular weight excluding hydrogens is 488 g/mol. The zero-order valence-electron chi connectivity index (χ0n) is 20.3. The van der Waals surface area contributed by atoms with Crippen molar-refractivity contribution < 1.29 is 21.6 Å². The lowest BCUT2D eigenvalue weighted by molar-refractivity contribution is 0.0953. The van der Waals surface area contributed by atoms with E-state index in [9.17, 15) is 21.6 Å². The van der Waals surface area contributed by atoms with E-state index in [0.29, 0.717) is 51.3 Å². The summed E-state index contributed by atoms with van der Waals surface area (Å²) in [5.74, 6) is -0.412. The molecule has 3 rings (SSSR count). The molecule has 0 saturated carbocycles. The number of benzene rings is 2. The summed E-state index contributed by atoms with van der Waals surface area (Å²) in [5.41, 5.74) is 1.41. The molecule has 1 aliphatic heterocycles. The predicted molar refractivity (Wildman–Crippen MR) is 138 cm³/mol.